The van der Waals surface area contributed by atoms with Crippen LogP contribution in [0.15, 0.2) is 12.1 Å². The zero-order chi connectivity index (χ0) is 13.1. The molecule has 0 heterocycles. The summed E-state index contributed by atoms with van der Waals surface area (Å²) in [5.41, 5.74) is 8.81. The highest BCUT2D eigenvalue weighted by molar-refractivity contribution is 5.32. The Hall–Kier alpha value is -0.890. The van der Waals surface area contributed by atoms with Crippen LogP contribution >= 0.6 is 0 Å². The number of hydrogen-bond donors (Lipinski definition) is 1. The fraction of sp³-hybridized carbons (Fsp3) is 0.625. The molecule has 2 heteroatoms. The van der Waals surface area contributed by atoms with Gasteiger partial charge in [0.15, 0.2) is 0 Å². The molecule has 2 N–H and O–H groups in total. The molecule has 2 rings (SSSR count). The predicted octanol–water partition coefficient (Wildman–Crippen LogP) is 4.41. The molecule has 1 atom stereocenters. The molecule has 0 aliphatic heterocycles. The minimum absolute atomic E-state index is 0.0612. The van der Waals surface area contributed by atoms with E-state index in [0.29, 0.717) is 11.1 Å². The van der Waals surface area contributed by atoms with Crippen molar-refractivity contribution < 1.29 is 4.39 Å². The Morgan fingerprint density at radius 3 is 2.28 bits per heavy atom. The van der Waals surface area contributed by atoms with Crippen LogP contribution in [-0.4, -0.2) is 0 Å². The number of hydrogen-bond acceptors (Lipinski definition) is 1. The summed E-state index contributed by atoms with van der Waals surface area (Å²) in [6.07, 6.45) is 7.74. The van der Waals surface area contributed by atoms with Crippen molar-refractivity contribution in [1.29, 1.82) is 0 Å². The highest BCUT2D eigenvalue weighted by atomic mass is 19.1. The van der Waals surface area contributed by atoms with Gasteiger partial charge in [-0.05, 0) is 42.9 Å². The zero-order valence-corrected chi connectivity index (χ0v) is 11.5. The maximum absolute atomic E-state index is 13.6. The molecule has 0 spiro atoms. The molecule has 1 aromatic rings. The van der Waals surface area contributed by atoms with Gasteiger partial charge in [0, 0.05) is 6.04 Å². The van der Waals surface area contributed by atoms with E-state index in [9.17, 15) is 4.39 Å². The molecular formula is C16H24FN. The highest BCUT2D eigenvalue weighted by Crippen LogP contribution is 2.31. The second-order valence-electron chi connectivity index (χ2n) is 5.81. The molecule has 0 bridgehead atoms. The summed E-state index contributed by atoms with van der Waals surface area (Å²) in [7, 11) is 0. The van der Waals surface area contributed by atoms with Gasteiger partial charge in [-0.2, -0.15) is 0 Å². The van der Waals surface area contributed by atoms with Crippen LogP contribution in [0, 0.1) is 25.6 Å². The molecule has 0 radical (unpaired) electrons. The SMILES string of the molecule is Cc1cc(C(N)CC2CCCCC2)cc(C)c1F. The smallest absolute Gasteiger partial charge is 0.129 e. The van der Waals surface area contributed by atoms with E-state index in [1.165, 1.54) is 32.1 Å². The number of aryl methyl sites for hydroxylation is 2. The summed E-state index contributed by atoms with van der Waals surface area (Å²) in [6, 6.07) is 3.89. The van der Waals surface area contributed by atoms with E-state index < -0.39 is 0 Å². The van der Waals surface area contributed by atoms with Crippen molar-refractivity contribution in [3.8, 4) is 0 Å². The van der Waals surface area contributed by atoms with Crippen molar-refractivity contribution in [2.24, 2.45) is 11.7 Å². The van der Waals surface area contributed by atoms with Crippen molar-refractivity contribution in [2.75, 3.05) is 0 Å². The molecule has 1 unspecified atom stereocenters. The first-order chi connectivity index (χ1) is 8.58. The normalized spacial score (nSPS) is 18.9. The third kappa shape index (κ3) is 3.11. The van der Waals surface area contributed by atoms with Gasteiger partial charge in [-0.3, -0.25) is 0 Å². The van der Waals surface area contributed by atoms with Crippen molar-refractivity contribution in [3.05, 3.63) is 34.6 Å². The van der Waals surface area contributed by atoms with Crippen molar-refractivity contribution in [1.82, 2.24) is 0 Å². The minimum atomic E-state index is -0.0939. The Labute approximate surface area is 110 Å². The van der Waals surface area contributed by atoms with Crippen LogP contribution in [0.2, 0.25) is 0 Å². The highest BCUT2D eigenvalue weighted by Gasteiger charge is 2.18. The molecule has 1 aliphatic carbocycles. The molecule has 100 valence electrons. The number of halogens is 1. The number of benzene rings is 1. The first-order valence-corrected chi connectivity index (χ1v) is 7.10. The molecule has 1 aliphatic rings. The average molecular weight is 249 g/mol. The molecule has 1 aromatic carbocycles. The molecule has 18 heavy (non-hydrogen) atoms. The summed E-state index contributed by atoms with van der Waals surface area (Å²) in [5, 5.41) is 0. The Morgan fingerprint density at radius 2 is 1.72 bits per heavy atom. The summed E-state index contributed by atoms with van der Waals surface area (Å²) in [6.45, 7) is 3.64. The Balaban J connectivity index is 2.06. The summed E-state index contributed by atoms with van der Waals surface area (Å²) >= 11 is 0. The maximum atomic E-state index is 13.6. The largest absolute Gasteiger partial charge is 0.324 e. The van der Waals surface area contributed by atoms with Gasteiger partial charge in [-0.1, -0.05) is 44.2 Å². The predicted molar refractivity (Wildman–Crippen MR) is 74.0 cm³/mol. The minimum Gasteiger partial charge on any atom is -0.324 e. The fourth-order valence-corrected chi connectivity index (χ4v) is 3.11. The lowest BCUT2D eigenvalue weighted by Crippen LogP contribution is -2.18. The molecule has 0 amide bonds. The second-order valence-corrected chi connectivity index (χ2v) is 5.81. The molecule has 0 saturated heterocycles. The summed E-state index contributed by atoms with van der Waals surface area (Å²) in [5.74, 6) is 0.669. The topological polar surface area (TPSA) is 26.0 Å². The second kappa shape index (κ2) is 5.83. The van der Waals surface area contributed by atoms with Gasteiger partial charge >= 0.3 is 0 Å². The number of nitrogens with two attached hydrogens (primary N) is 1. The van der Waals surface area contributed by atoms with Crippen LogP contribution in [-0.2, 0) is 0 Å². The van der Waals surface area contributed by atoms with Gasteiger partial charge in [0.25, 0.3) is 0 Å². The van der Waals surface area contributed by atoms with Gasteiger partial charge in [-0.25, -0.2) is 4.39 Å². The lowest BCUT2D eigenvalue weighted by molar-refractivity contribution is 0.319. The monoisotopic (exact) mass is 249 g/mol. The van der Waals surface area contributed by atoms with Gasteiger partial charge in [-0.15, -0.1) is 0 Å². The van der Waals surface area contributed by atoms with E-state index in [4.69, 9.17) is 5.73 Å². The van der Waals surface area contributed by atoms with E-state index in [1.54, 1.807) is 0 Å². The first kappa shape index (κ1) is 13.5. The van der Waals surface area contributed by atoms with Crippen LogP contribution in [0.1, 0.15) is 61.3 Å². The van der Waals surface area contributed by atoms with Gasteiger partial charge in [0.05, 0.1) is 0 Å². The summed E-state index contributed by atoms with van der Waals surface area (Å²) in [4.78, 5) is 0. The fourth-order valence-electron chi connectivity index (χ4n) is 3.11. The van der Waals surface area contributed by atoms with Gasteiger partial charge < -0.3 is 5.73 Å². The maximum Gasteiger partial charge on any atom is 0.129 e. The van der Waals surface area contributed by atoms with Gasteiger partial charge in [0.2, 0.25) is 0 Å². The summed E-state index contributed by atoms with van der Waals surface area (Å²) < 4.78 is 13.6. The zero-order valence-electron chi connectivity index (χ0n) is 11.5. The molecular weight excluding hydrogens is 225 g/mol. The molecule has 0 aromatic heterocycles. The Morgan fingerprint density at radius 1 is 1.17 bits per heavy atom. The Bertz CT molecular complexity index is 385. The first-order valence-electron chi connectivity index (χ1n) is 7.10. The van der Waals surface area contributed by atoms with E-state index in [1.807, 2.05) is 26.0 Å². The molecule has 1 fully saturated rings. The van der Waals surface area contributed by atoms with Crippen LogP contribution < -0.4 is 5.73 Å². The van der Waals surface area contributed by atoms with Crippen molar-refractivity contribution >= 4 is 0 Å². The third-order valence-electron chi connectivity index (χ3n) is 4.20. The molecule has 1 nitrogen and oxygen atoms in total. The van der Waals surface area contributed by atoms with Gasteiger partial charge in [0.1, 0.15) is 5.82 Å². The van der Waals surface area contributed by atoms with Crippen LogP contribution in [0.5, 0.6) is 0 Å². The van der Waals surface area contributed by atoms with Crippen LogP contribution in [0.4, 0.5) is 4.39 Å². The lowest BCUT2D eigenvalue weighted by Gasteiger charge is -2.25. The van der Waals surface area contributed by atoms with E-state index in [2.05, 4.69) is 0 Å². The average Bonchev–Trinajstić information content (AvgIpc) is 2.36. The van der Waals surface area contributed by atoms with E-state index in [-0.39, 0.29) is 11.9 Å². The standard InChI is InChI=1S/C16H24FN/c1-11-8-14(9-12(2)16(11)17)15(18)10-13-6-4-3-5-7-13/h8-9,13,15H,3-7,10,18H2,1-2H3. The van der Waals surface area contributed by atoms with Crippen molar-refractivity contribution in [3.63, 3.8) is 0 Å². The molecule has 1 saturated carbocycles. The van der Waals surface area contributed by atoms with E-state index >= 15 is 0 Å². The number of rotatable bonds is 3. The quantitative estimate of drug-likeness (QED) is 0.843. The third-order valence-corrected chi connectivity index (χ3v) is 4.20. The van der Waals surface area contributed by atoms with Crippen LogP contribution in [0.3, 0.4) is 0 Å². The Kier molecular flexibility index (Phi) is 4.39. The van der Waals surface area contributed by atoms with E-state index in [0.717, 1.165) is 17.9 Å². The van der Waals surface area contributed by atoms with Crippen molar-refractivity contribution in [2.45, 2.75) is 58.4 Å². The lowest BCUT2D eigenvalue weighted by atomic mass is 9.83. The van der Waals surface area contributed by atoms with Crippen LogP contribution in [0.25, 0.3) is 0 Å².